The van der Waals surface area contributed by atoms with E-state index in [1.807, 2.05) is 18.2 Å². The summed E-state index contributed by atoms with van der Waals surface area (Å²) >= 11 is 5.85. The molecule has 112 valence electrons. The number of hydrogen-bond donors (Lipinski definition) is 2. The molecule has 5 heteroatoms. The van der Waals surface area contributed by atoms with Gasteiger partial charge in [-0.3, -0.25) is 4.79 Å². The smallest absolute Gasteiger partial charge is 0.275 e. The molecule has 2 aromatic rings. The molecule has 0 aromatic heterocycles. The van der Waals surface area contributed by atoms with Crippen LogP contribution in [0.25, 0.3) is 0 Å². The van der Waals surface area contributed by atoms with Gasteiger partial charge in [-0.15, -0.1) is 0 Å². The van der Waals surface area contributed by atoms with Crippen LogP contribution in [-0.2, 0) is 6.42 Å². The molecule has 4 nitrogen and oxygen atoms in total. The predicted molar refractivity (Wildman–Crippen MR) is 86.5 cm³/mol. The van der Waals surface area contributed by atoms with Crippen molar-refractivity contribution in [3.63, 3.8) is 0 Å². The highest BCUT2D eigenvalue weighted by Crippen LogP contribution is 2.23. The molecular weight excluding hydrogens is 300 g/mol. The van der Waals surface area contributed by atoms with Gasteiger partial charge in [0.2, 0.25) is 0 Å². The summed E-state index contributed by atoms with van der Waals surface area (Å²) in [4.78, 5) is 12.1. The van der Waals surface area contributed by atoms with Gasteiger partial charge >= 0.3 is 0 Å². The quantitative estimate of drug-likeness (QED) is 0.833. The molecule has 2 N–H and O–H groups in total. The fourth-order valence-corrected chi connectivity index (χ4v) is 2.76. The van der Waals surface area contributed by atoms with Crippen LogP contribution in [0.3, 0.4) is 0 Å². The van der Waals surface area contributed by atoms with Crippen molar-refractivity contribution in [2.24, 2.45) is 5.10 Å². The number of halogens is 1. The molecule has 0 saturated carbocycles. The Morgan fingerprint density at radius 3 is 2.86 bits per heavy atom. The second-order valence-corrected chi connectivity index (χ2v) is 5.61. The molecule has 1 amide bonds. The minimum absolute atomic E-state index is 0.112. The Hall–Kier alpha value is -2.33. The average molecular weight is 315 g/mol. The van der Waals surface area contributed by atoms with E-state index in [2.05, 4.69) is 16.6 Å². The van der Waals surface area contributed by atoms with Gasteiger partial charge in [-0.25, -0.2) is 5.43 Å². The lowest BCUT2D eigenvalue weighted by atomic mass is 9.90. The monoisotopic (exact) mass is 314 g/mol. The number of phenols is 1. The molecule has 0 atom stereocenters. The third-order valence-electron chi connectivity index (χ3n) is 3.68. The lowest BCUT2D eigenvalue weighted by molar-refractivity contribution is 0.0952. The summed E-state index contributed by atoms with van der Waals surface area (Å²) < 4.78 is 0. The molecule has 22 heavy (non-hydrogen) atoms. The van der Waals surface area contributed by atoms with Crippen LogP contribution in [-0.4, -0.2) is 16.7 Å². The Morgan fingerprint density at radius 2 is 2.00 bits per heavy atom. The van der Waals surface area contributed by atoms with Crippen molar-refractivity contribution in [3.05, 3.63) is 64.2 Å². The molecule has 3 rings (SSSR count). The van der Waals surface area contributed by atoms with Gasteiger partial charge < -0.3 is 5.11 Å². The van der Waals surface area contributed by atoms with Gasteiger partial charge in [0, 0.05) is 10.6 Å². The van der Waals surface area contributed by atoms with Gasteiger partial charge in [-0.1, -0.05) is 35.9 Å². The number of aryl methyl sites for hydroxylation is 1. The van der Waals surface area contributed by atoms with Crippen molar-refractivity contribution in [2.75, 3.05) is 0 Å². The standard InChI is InChI=1S/C17H15ClN2O2/c18-12-8-9-16(21)14(10-12)17(22)20-19-15-7-3-5-11-4-1-2-6-13(11)15/h1-2,4,6,8-10,21H,3,5,7H2,(H,20,22). The number of carbonyl (C=O) groups excluding carboxylic acids is 1. The molecule has 0 aliphatic heterocycles. The number of aromatic hydroxyl groups is 1. The van der Waals surface area contributed by atoms with Crippen molar-refractivity contribution in [2.45, 2.75) is 19.3 Å². The first-order valence-electron chi connectivity index (χ1n) is 7.09. The number of amides is 1. The average Bonchev–Trinajstić information content (AvgIpc) is 2.54. The second-order valence-electron chi connectivity index (χ2n) is 5.17. The first-order chi connectivity index (χ1) is 10.6. The third kappa shape index (κ3) is 2.97. The van der Waals surface area contributed by atoms with E-state index in [9.17, 15) is 9.90 Å². The first kappa shape index (κ1) is 14.6. The van der Waals surface area contributed by atoms with Gasteiger partial charge in [0.25, 0.3) is 5.91 Å². The van der Waals surface area contributed by atoms with E-state index in [1.165, 1.54) is 23.8 Å². The van der Waals surface area contributed by atoms with Crippen LogP contribution in [0.4, 0.5) is 0 Å². The lowest BCUT2D eigenvalue weighted by Crippen LogP contribution is -2.22. The fourth-order valence-electron chi connectivity index (χ4n) is 2.59. The summed E-state index contributed by atoms with van der Waals surface area (Å²) in [5.74, 6) is -0.596. The number of fused-ring (bicyclic) bond motifs is 1. The summed E-state index contributed by atoms with van der Waals surface area (Å²) in [6.07, 6.45) is 2.85. The van der Waals surface area contributed by atoms with Crippen molar-refractivity contribution in [1.29, 1.82) is 0 Å². The number of nitrogens with one attached hydrogen (secondary N) is 1. The predicted octanol–water partition coefficient (Wildman–Crippen LogP) is 3.52. The Balaban J connectivity index is 1.83. The van der Waals surface area contributed by atoms with Crippen molar-refractivity contribution in [3.8, 4) is 5.75 Å². The summed E-state index contributed by atoms with van der Waals surface area (Å²) in [6.45, 7) is 0. The van der Waals surface area contributed by atoms with Crippen LogP contribution < -0.4 is 5.43 Å². The topological polar surface area (TPSA) is 61.7 Å². The van der Waals surface area contributed by atoms with Crippen LogP contribution in [0.1, 0.15) is 34.3 Å². The number of nitrogens with zero attached hydrogens (tertiary/aromatic N) is 1. The summed E-state index contributed by atoms with van der Waals surface area (Å²) in [7, 11) is 0. The minimum Gasteiger partial charge on any atom is -0.507 e. The lowest BCUT2D eigenvalue weighted by Gasteiger charge is -2.17. The Morgan fingerprint density at radius 1 is 1.18 bits per heavy atom. The van der Waals surface area contributed by atoms with E-state index in [0.717, 1.165) is 30.5 Å². The second kappa shape index (κ2) is 6.20. The largest absolute Gasteiger partial charge is 0.507 e. The maximum absolute atomic E-state index is 12.1. The van der Waals surface area contributed by atoms with E-state index in [4.69, 9.17) is 11.6 Å². The van der Waals surface area contributed by atoms with Crippen LogP contribution in [0.15, 0.2) is 47.6 Å². The summed E-state index contributed by atoms with van der Waals surface area (Å²) in [6, 6.07) is 12.4. The highest BCUT2D eigenvalue weighted by molar-refractivity contribution is 6.31. The number of benzene rings is 2. The first-order valence-corrected chi connectivity index (χ1v) is 7.46. The van der Waals surface area contributed by atoms with E-state index in [-0.39, 0.29) is 11.3 Å². The zero-order chi connectivity index (χ0) is 15.5. The van der Waals surface area contributed by atoms with Gasteiger partial charge in [0.15, 0.2) is 0 Å². The highest BCUT2D eigenvalue weighted by Gasteiger charge is 2.16. The Labute approximate surface area is 133 Å². The summed E-state index contributed by atoms with van der Waals surface area (Å²) in [5.41, 5.74) is 5.79. The number of carbonyl (C=O) groups is 1. The van der Waals surface area contributed by atoms with Crippen LogP contribution >= 0.6 is 11.6 Å². The number of hydrogen-bond acceptors (Lipinski definition) is 3. The van der Waals surface area contributed by atoms with E-state index < -0.39 is 5.91 Å². The van der Waals surface area contributed by atoms with E-state index in [0.29, 0.717) is 5.02 Å². The Bertz CT molecular complexity index is 756. The molecule has 0 radical (unpaired) electrons. The molecule has 0 unspecified atom stereocenters. The molecule has 0 spiro atoms. The van der Waals surface area contributed by atoms with Crippen molar-refractivity contribution < 1.29 is 9.90 Å². The van der Waals surface area contributed by atoms with Crippen molar-refractivity contribution >= 4 is 23.2 Å². The number of hydrazone groups is 1. The molecule has 0 heterocycles. The van der Waals surface area contributed by atoms with Gasteiger partial charge in [-0.2, -0.15) is 5.10 Å². The fraction of sp³-hybridized carbons (Fsp3) is 0.176. The maximum atomic E-state index is 12.1. The minimum atomic E-state index is -0.476. The number of rotatable bonds is 2. The SMILES string of the molecule is O=C(NN=C1CCCc2ccccc21)c1cc(Cl)ccc1O. The van der Waals surface area contributed by atoms with Gasteiger partial charge in [0.1, 0.15) is 5.75 Å². The van der Waals surface area contributed by atoms with Crippen LogP contribution in [0.2, 0.25) is 5.02 Å². The van der Waals surface area contributed by atoms with Crippen LogP contribution in [0.5, 0.6) is 5.75 Å². The molecule has 1 aliphatic carbocycles. The number of phenolic OH excluding ortho intramolecular Hbond substituents is 1. The van der Waals surface area contributed by atoms with Crippen LogP contribution in [0, 0.1) is 0 Å². The highest BCUT2D eigenvalue weighted by atomic mass is 35.5. The molecule has 0 fully saturated rings. The molecule has 1 aliphatic rings. The van der Waals surface area contributed by atoms with Gasteiger partial charge in [-0.05, 0) is 43.0 Å². The third-order valence-corrected chi connectivity index (χ3v) is 3.92. The zero-order valence-corrected chi connectivity index (χ0v) is 12.6. The van der Waals surface area contributed by atoms with E-state index >= 15 is 0 Å². The molecule has 0 saturated heterocycles. The normalized spacial score (nSPS) is 15.4. The Kier molecular flexibility index (Phi) is 4.11. The maximum Gasteiger partial charge on any atom is 0.275 e. The van der Waals surface area contributed by atoms with Crippen molar-refractivity contribution in [1.82, 2.24) is 5.43 Å². The summed E-state index contributed by atoms with van der Waals surface area (Å²) in [5, 5.41) is 14.4. The molecular formula is C17H15ClN2O2. The molecule has 0 bridgehead atoms. The van der Waals surface area contributed by atoms with E-state index in [1.54, 1.807) is 0 Å². The van der Waals surface area contributed by atoms with Gasteiger partial charge in [0.05, 0.1) is 11.3 Å². The molecule has 2 aromatic carbocycles. The zero-order valence-electron chi connectivity index (χ0n) is 11.8.